The summed E-state index contributed by atoms with van der Waals surface area (Å²) in [6.07, 6.45) is 0.707. The van der Waals surface area contributed by atoms with Gasteiger partial charge in [-0.3, -0.25) is 0 Å². The summed E-state index contributed by atoms with van der Waals surface area (Å²) in [5.74, 6) is 2.56. The molecule has 0 bridgehead atoms. The molecule has 1 fully saturated rings. The van der Waals surface area contributed by atoms with Crippen molar-refractivity contribution in [1.29, 1.82) is 0 Å². The first kappa shape index (κ1) is 21.0. The van der Waals surface area contributed by atoms with Crippen LogP contribution in [0.2, 0.25) is 0 Å². The smallest absolute Gasteiger partial charge is 0.233 e. The molecule has 2 aromatic heterocycles. The summed E-state index contributed by atoms with van der Waals surface area (Å²) >= 11 is 0. The van der Waals surface area contributed by atoms with Crippen LogP contribution in [-0.4, -0.2) is 68.3 Å². The lowest BCUT2D eigenvalue weighted by atomic mass is 10.0. The van der Waals surface area contributed by atoms with Crippen molar-refractivity contribution in [3.63, 3.8) is 0 Å². The van der Waals surface area contributed by atoms with Gasteiger partial charge in [0.2, 0.25) is 11.9 Å². The molecule has 31 heavy (non-hydrogen) atoms. The standard InChI is InChI=1S/C22H27N7O2/c1-3-19-24-21(27-22(26-19)29-11-9-28(2)10-12-29)25-20-6-4-5-18(23-20)17-8-7-16(31)13-15(17)14-30/h4-8,13,30-31H,3,9-12,14H2,1-2H3,(H,23,24,25,26,27). The second-order valence-electron chi connectivity index (χ2n) is 7.55. The minimum atomic E-state index is -0.190. The Kier molecular flexibility index (Phi) is 6.24. The van der Waals surface area contributed by atoms with Gasteiger partial charge in [0.15, 0.2) is 0 Å². The Morgan fingerprint density at radius 1 is 1.00 bits per heavy atom. The number of likely N-dealkylation sites (N-methyl/N-ethyl adjacent to an activating group) is 1. The topological polar surface area (TPSA) is 111 Å². The summed E-state index contributed by atoms with van der Waals surface area (Å²) in [6, 6.07) is 10.4. The Balaban J connectivity index is 1.61. The van der Waals surface area contributed by atoms with E-state index in [1.807, 2.05) is 25.1 Å². The largest absolute Gasteiger partial charge is 0.508 e. The fourth-order valence-electron chi connectivity index (χ4n) is 3.50. The van der Waals surface area contributed by atoms with Crippen LogP contribution in [0.3, 0.4) is 0 Å². The summed E-state index contributed by atoms with van der Waals surface area (Å²) in [6.45, 7) is 5.53. The van der Waals surface area contributed by atoms with Crippen molar-refractivity contribution in [2.24, 2.45) is 0 Å². The van der Waals surface area contributed by atoms with Crippen LogP contribution in [0.4, 0.5) is 17.7 Å². The minimum Gasteiger partial charge on any atom is -0.508 e. The summed E-state index contributed by atoms with van der Waals surface area (Å²) in [7, 11) is 2.12. The zero-order valence-corrected chi connectivity index (χ0v) is 17.8. The number of benzene rings is 1. The number of phenolic OH excluding ortho intramolecular Hbond substituents is 1. The molecule has 3 heterocycles. The number of aryl methyl sites for hydroxylation is 1. The molecule has 1 aliphatic heterocycles. The molecular formula is C22H27N7O2. The van der Waals surface area contributed by atoms with Crippen LogP contribution in [0.5, 0.6) is 5.75 Å². The van der Waals surface area contributed by atoms with Crippen LogP contribution < -0.4 is 10.2 Å². The third-order valence-corrected chi connectivity index (χ3v) is 5.30. The quantitative estimate of drug-likeness (QED) is 0.551. The van der Waals surface area contributed by atoms with Crippen molar-refractivity contribution in [1.82, 2.24) is 24.8 Å². The Hall–Kier alpha value is -3.30. The molecule has 0 radical (unpaired) electrons. The Morgan fingerprint density at radius 3 is 2.55 bits per heavy atom. The third kappa shape index (κ3) is 4.89. The van der Waals surface area contributed by atoms with Gasteiger partial charge in [0.05, 0.1) is 12.3 Å². The maximum atomic E-state index is 9.69. The van der Waals surface area contributed by atoms with Crippen molar-refractivity contribution in [2.75, 3.05) is 43.4 Å². The fourth-order valence-corrected chi connectivity index (χ4v) is 3.50. The van der Waals surface area contributed by atoms with E-state index in [4.69, 9.17) is 0 Å². The van der Waals surface area contributed by atoms with E-state index >= 15 is 0 Å². The first-order valence-electron chi connectivity index (χ1n) is 10.4. The number of aliphatic hydroxyl groups excluding tert-OH is 1. The van der Waals surface area contributed by atoms with E-state index in [1.54, 1.807) is 18.2 Å². The van der Waals surface area contributed by atoms with Crippen molar-refractivity contribution in [3.05, 3.63) is 47.8 Å². The van der Waals surface area contributed by atoms with Gasteiger partial charge in [-0.25, -0.2) is 4.98 Å². The molecule has 0 atom stereocenters. The van der Waals surface area contributed by atoms with Crippen LogP contribution in [0, 0.1) is 0 Å². The van der Waals surface area contributed by atoms with E-state index in [0.717, 1.165) is 37.6 Å². The molecule has 162 valence electrons. The van der Waals surface area contributed by atoms with Crippen LogP contribution in [0.25, 0.3) is 11.3 Å². The number of piperazine rings is 1. The van der Waals surface area contributed by atoms with Gasteiger partial charge in [-0.05, 0) is 42.9 Å². The molecule has 4 rings (SSSR count). The normalized spacial score (nSPS) is 14.6. The van der Waals surface area contributed by atoms with E-state index in [1.165, 1.54) is 0 Å². The van der Waals surface area contributed by atoms with Crippen LogP contribution >= 0.6 is 0 Å². The lowest BCUT2D eigenvalue weighted by Gasteiger charge is -2.32. The number of nitrogens with zero attached hydrogens (tertiary/aromatic N) is 6. The van der Waals surface area contributed by atoms with Crippen molar-refractivity contribution >= 4 is 17.7 Å². The zero-order valence-electron chi connectivity index (χ0n) is 17.8. The lowest BCUT2D eigenvalue weighted by molar-refractivity contribution is 0.281. The molecule has 3 aromatic rings. The van der Waals surface area contributed by atoms with Gasteiger partial charge in [-0.2, -0.15) is 15.0 Å². The highest BCUT2D eigenvalue weighted by Crippen LogP contribution is 2.27. The van der Waals surface area contributed by atoms with Crippen LogP contribution in [0.1, 0.15) is 18.3 Å². The van der Waals surface area contributed by atoms with Gasteiger partial charge < -0.3 is 25.3 Å². The summed E-state index contributed by atoms with van der Waals surface area (Å²) < 4.78 is 0. The Labute approximate surface area is 181 Å². The van der Waals surface area contributed by atoms with E-state index in [2.05, 4.69) is 42.1 Å². The van der Waals surface area contributed by atoms with Gasteiger partial charge in [0, 0.05) is 38.2 Å². The molecule has 0 spiro atoms. The number of anilines is 3. The van der Waals surface area contributed by atoms with Gasteiger partial charge in [0.1, 0.15) is 17.4 Å². The molecule has 0 unspecified atom stereocenters. The average molecular weight is 422 g/mol. The number of pyridine rings is 1. The molecule has 3 N–H and O–H groups in total. The number of hydrogen-bond acceptors (Lipinski definition) is 9. The molecular weight excluding hydrogens is 394 g/mol. The molecule has 0 amide bonds. The highest BCUT2D eigenvalue weighted by Gasteiger charge is 2.18. The highest BCUT2D eigenvalue weighted by molar-refractivity contribution is 5.67. The summed E-state index contributed by atoms with van der Waals surface area (Å²) in [5.41, 5.74) is 2.04. The first-order chi connectivity index (χ1) is 15.1. The number of hydrogen-bond donors (Lipinski definition) is 3. The lowest BCUT2D eigenvalue weighted by Crippen LogP contribution is -2.45. The van der Waals surface area contributed by atoms with Crippen LogP contribution in [-0.2, 0) is 13.0 Å². The number of phenols is 1. The molecule has 1 saturated heterocycles. The fraction of sp³-hybridized carbons (Fsp3) is 0.364. The predicted octanol–water partition coefficient (Wildman–Crippen LogP) is 2.19. The SMILES string of the molecule is CCc1nc(Nc2cccc(-c3ccc(O)cc3CO)n2)nc(N2CCN(C)CC2)n1. The molecule has 0 aliphatic carbocycles. The van der Waals surface area contributed by atoms with Gasteiger partial charge in [0.25, 0.3) is 0 Å². The summed E-state index contributed by atoms with van der Waals surface area (Å²) in [4.78, 5) is 22.9. The average Bonchev–Trinajstić information content (AvgIpc) is 2.79. The molecule has 1 aromatic carbocycles. The number of nitrogens with one attached hydrogen (secondary N) is 1. The van der Waals surface area contributed by atoms with Crippen molar-refractivity contribution in [3.8, 4) is 17.0 Å². The number of aromatic nitrogens is 4. The van der Waals surface area contributed by atoms with Crippen molar-refractivity contribution < 1.29 is 10.2 Å². The number of aliphatic hydroxyl groups is 1. The number of rotatable bonds is 6. The molecule has 0 saturated carbocycles. The van der Waals surface area contributed by atoms with E-state index in [9.17, 15) is 10.2 Å². The van der Waals surface area contributed by atoms with Crippen LogP contribution in [0.15, 0.2) is 36.4 Å². The van der Waals surface area contributed by atoms with Gasteiger partial charge >= 0.3 is 0 Å². The maximum Gasteiger partial charge on any atom is 0.233 e. The van der Waals surface area contributed by atoms with Gasteiger partial charge in [-0.15, -0.1) is 0 Å². The van der Waals surface area contributed by atoms with Gasteiger partial charge in [-0.1, -0.05) is 13.0 Å². The van der Waals surface area contributed by atoms with E-state index < -0.39 is 0 Å². The third-order valence-electron chi connectivity index (χ3n) is 5.30. The zero-order chi connectivity index (χ0) is 21.8. The van der Waals surface area contributed by atoms with E-state index in [0.29, 0.717) is 35.4 Å². The highest BCUT2D eigenvalue weighted by atomic mass is 16.3. The summed E-state index contributed by atoms with van der Waals surface area (Å²) in [5, 5.41) is 22.5. The monoisotopic (exact) mass is 421 g/mol. The predicted molar refractivity (Wildman–Crippen MR) is 119 cm³/mol. The maximum absolute atomic E-state index is 9.69. The Morgan fingerprint density at radius 2 is 1.81 bits per heavy atom. The second-order valence-corrected chi connectivity index (χ2v) is 7.55. The molecule has 9 nitrogen and oxygen atoms in total. The number of aromatic hydroxyl groups is 1. The molecule has 1 aliphatic rings. The second kappa shape index (κ2) is 9.23. The first-order valence-corrected chi connectivity index (χ1v) is 10.4. The minimum absolute atomic E-state index is 0.107. The molecule has 9 heteroatoms. The Bertz CT molecular complexity index is 1050. The van der Waals surface area contributed by atoms with E-state index in [-0.39, 0.29) is 12.4 Å². The van der Waals surface area contributed by atoms with Crippen molar-refractivity contribution in [2.45, 2.75) is 20.0 Å².